The van der Waals surface area contributed by atoms with E-state index in [4.69, 9.17) is 4.74 Å². The van der Waals surface area contributed by atoms with Gasteiger partial charge < -0.3 is 10.1 Å². The molecule has 0 saturated heterocycles. The van der Waals surface area contributed by atoms with Crippen molar-refractivity contribution in [3.63, 3.8) is 0 Å². The number of ether oxygens (including phenoxy) is 1. The van der Waals surface area contributed by atoms with Gasteiger partial charge in [-0.05, 0) is 46.7 Å². The lowest BCUT2D eigenvalue weighted by Crippen LogP contribution is -2.51. The lowest BCUT2D eigenvalue weighted by molar-refractivity contribution is -0.127. The Balaban J connectivity index is 1.63. The smallest absolute Gasteiger partial charge is 0.264 e. The third-order valence-corrected chi connectivity index (χ3v) is 8.06. The monoisotopic (exact) mass is 492 g/mol. The van der Waals surface area contributed by atoms with E-state index in [1.54, 1.807) is 36.4 Å². The number of sulfonamides is 1. The van der Waals surface area contributed by atoms with Gasteiger partial charge in [0.2, 0.25) is 0 Å². The van der Waals surface area contributed by atoms with Crippen LogP contribution in [0.5, 0.6) is 5.75 Å². The summed E-state index contributed by atoms with van der Waals surface area (Å²) in [5.74, 6) is 0.140. The van der Waals surface area contributed by atoms with Gasteiger partial charge in [-0.3, -0.25) is 9.10 Å². The van der Waals surface area contributed by atoms with Gasteiger partial charge in [0.25, 0.3) is 15.9 Å². The first kappa shape index (κ1) is 24.8. The number of nitrogens with zero attached hydrogens (tertiary/aromatic N) is 1. The van der Waals surface area contributed by atoms with Crippen molar-refractivity contribution in [3.05, 3.63) is 90.0 Å². The Kier molecular flexibility index (Phi) is 6.90. The summed E-state index contributed by atoms with van der Waals surface area (Å²) in [6.45, 7) is 8.55. The third-order valence-electron chi connectivity index (χ3n) is 6.27. The fraction of sp³-hybridized carbons (Fsp3) is 0.321. The van der Waals surface area contributed by atoms with Crippen molar-refractivity contribution in [3.8, 4) is 5.75 Å². The Hall–Kier alpha value is -3.32. The molecule has 0 aliphatic carbocycles. The maximum Gasteiger partial charge on any atom is 0.264 e. The second-order valence-corrected chi connectivity index (χ2v) is 11.8. The maximum atomic E-state index is 13.7. The molecule has 35 heavy (non-hydrogen) atoms. The molecule has 1 heterocycles. The van der Waals surface area contributed by atoms with Gasteiger partial charge in [0.1, 0.15) is 5.75 Å². The minimum atomic E-state index is -3.91. The van der Waals surface area contributed by atoms with E-state index in [2.05, 4.69) is 26.1 Å². The summed E-state index contributed by atoms with van der Waals surface area (Å²) in [6.07, 6.45) is -0.968. The Labute approximate surface area is 208 Å². The zero-order valence-corrected chi connectivity index (χ0v) is 21.4. The number of nitrogens with one attached hydrogen (secondary N) is 1. The van der Waals surface area contributed by atoms with Crippen LogP contribution in [-0.2, 0) is 20.2 Å². The van der Waals surface area contributed by atoms with Crippen molar-refractivity contribution in [2.75, 3.05) is 17.4 Å². The van der Waals surface area contributed by atoms with E-state index in [9.17, 15) is 13.2 Å². The van der Waals surface area contributed by atoms with Crippen molar-refractivity contribution in [2.24, 2.45) is 0 Å². The van der Waals surface area contributed by atoms with E-state index < -0.39 is 16.1 Å². The molecule has 0 spiro atoms. The second-order valence-electron chi connectivity index (χ2n) is 9.95. The average Bonchev–Trinajstić information content (AvgIpc) is 2.86. The van der Waals surface area contributed by atoms with Crippen molar-refractivity contribution in [2.45, 2.75) is 50.0 Å². The molecular weight excluding hydrogens is 460 g/mol. The van der Waals surface area contributed by atoms with Gasteiger partial charge in [0.05, 0.1) is 17.1 Å². The summed E-state index contributed by atoms with van der Waals surface area (Å²) in [6, 6.07) is 23.7. The first-order valence-corrected chi connectivity index (χ1v) is 13.2. The molecule has 2 unspecified atom stereocenters. The topological polar surface area (TPSA) is 75.7 Å². The van der Waals surface area contributed by atoms with E-state index >= 15 is 0 Å². The fourth-order valence-electron chi connectivity index (χ4n) is 4.07. The quantitative estimate of drug-likeness (QED) is 0.533. The molecule has 1 amide bonds. The van der Waals surface area contributed by atoms with Gasteiger partial charge in [-0.15, -0.1) is 0 Å². The van der Waals surface area contributed by atoms with E-state index in [-0.39, 0.29) is 28.7 Å². The van der Waals surface area contributed by atoms with Crippen molar-refractivity contribution in [1.29, 1.82) is 0 Å². The first-order chi connectivity index (χ1) is 16.6. The number of fused-ring (bicyclic) bond motifs is 1. The average molecular weight is 493 g/mol. The second kappa shape index (κ2) is 9.74. The third kappa shape index (κ3) is 5.35. The van der Waals surface area contributed by atoms with E-state index in [0.717, 1.165) is 11.1 Å². The lowest BCUT2D eigenvalue weighted by Gasteiger charge is -2.36. The zero-order valence-electron chi connectivity index (χ0n) is 20.6. The zero-order chi connectivity index (χ0) is 25.2. The molecule has 0 bridgehead atoms. The molecule has 0 saturated carbocycles. The first-order valence-electron chi connectivity index (χ1n) is 11.8. The summed E-state index contributed by atoms with van der Waals surface area (Å²) in [4.78, 5) is 13.3. The van der Waals surface area contributed by atoms with Crippen molar-refractivity contribution < 1.29 is 17.9 Å². The van der Waals surface area contributed by atoms with E-state index in [0.29, 0.717) is 18.0 Å². The summed E-state index contributed by atoms with van der Waals surface area (Å²) in [5, 5.41) is 2.94. The van der Waals surface area contributed by atoms with E-state index in [1.165, 1.54) is 4.31 Å². The van der Waals surface area contributed by atoms with Crippen LogP contribution in [0.25, 0.3) is 0 Å². The van der Waals surface area contributed by atoms with E-state index in [1.807, 2.05) is 49.4 Å². The summed E-state index contributed by atoms with van der Waals surface area (Å²) >= 11 is 0. The van der Waals surface area contributed by atoms with Crippen LogP contribution in [0.15, 0.2) is 83.8 Å². The van der Waals surface area contributed by atoms with Crippen LogP contribution in [0.4, 0.5) is 5.69 Å². The normalized spacial score (nSPS) is 16.7. The highest BCUT2D eigenvalue weighted by Crippen LogP contribution is 2.40. The molecular formula is C28H32N2O4S. The van der Waals surface area contributed by atoms with Crippen LogP contribution in [0, 0.1) is 0 Å². The number of carbonyl (C=O) groups is 1. The Morgan fingerprint density at radius 2 is 1.66 bits per heavy atom. The lowest BCUT2D eigenvalue weighted by atomic mass is 9.86. The number of rotatable bonds is 6. The molecule has 6 nitrogen and oxygen atoms in total. The van der Waals surface area contributed by atoms with Crippen LogP contribution in [-0.4, -0.2) is 33.5 Å². The minimum absolute atomic E-state index is 0.106. The number of carbonyl (C=O) groups excluding carboxylic acids is 1. The molecule has 1 N–H and O–H groups in total. The molecule has 4 rings (SSSR count). The van der Waals surface area contributed by atoms with Crippen LogP contribution < -0.4 is 14.4 Å². The SMILES string of the molecule is CC(CNC(=O)C1CN(S(=O)(=O)c2ccccc2)c2cc(C(C)(C)C)ccc2O1)c1ccccc1. The van der Waals surface area contributed by atoms with Gasteiger partial charge in [0.15, 0.2) is 6.10 Å². The Morgan fingerprint density at radius 1 is 1.03 bits per heavy atom. The molecule has 0 fully saturated rings. The van der Waals surface area contributed by atoms with Crippen LogP contribution >= 0.6 is 0 Å². The molecule has 3 aromatic carbocycles. The molecule has 1 aliphatic rings. The van der Waals surface area contributed by atoms with Crippen molar-refractivity contribution >= 4 is 21.6 Å². The predicted molar refractivity (Wildman–Crippen MR) is 138 cm³/mol. The number of amides is 1. The van der Waals surface area contributed by atoms with Gasteiger partial charge in [-0.1, -0.05) is 82.3 Å². The molecule has 7 heteroatoms. The fourth-order valence-corrected chi connectivity index (χ4v) is 5.56. The highest BCUT2D eigenvalue weighted by atomic mass is 32.2. The summed E-state index contributed by atoms with van der Waals surface area (Å²) < 4.78 is 34.7. The Bertz CT molecular complexity index is 1290. The highest BCUT2D eigenvalue weighted by Gasteiger charge is 2.38. The van der Waals surface area contributed by atoms with Gasteiger partial charge in [-0.2, -0.15) is 0 Å². The van der Waals surface area contributed by atoms with Crippen LogP contribution in [0.1, 0.15) is 44.7 Å². The molecule has 0 aromatic heterocycles. The Morgan fingerprint density at radius 3 is 2.29 bits per heavy atom. The summed E-state index contributed by atoms with van der Waals surface area (Å²) in [5.41, 5.74) is 2.36. The van der Waals surface area contributed by atoms with Gasteiger partial charge in [-0.25, -0.2) is 8.42 Å². The predicted octanol–water partition coefficient (Wildman–Crippen LogP) is 4.86. The molecule has 184 valence electrons. The highest BCUT2D eigenvalue weighted by molar-refractivity contribution is 7.92. The number of benzene rings is 3. The summed E-state index contributed by atoms with van der Waals surface area (Å²) in [7, 11) is -3.91. The van der Waals surface area contributed by atoms with Gasteiger partial charge in [0, 0.05) is 6.54 Å². The molecule has 3 aromatic rings. The standard InChI is InChI=1S/C28H32N2O4S/c1-20(21-11-7-5-8-12-21)18-29-27(31)26-19-30(35(32,33)23-13-9-6-10-14-23)24-17-22(28(2,3)4)15-16-25(24)34-26/h5-17,20,26H,18-19H2,1-4H3,(H,29,31). The number of anilines is 1. The number of hydrogen-bond donors (Lipinski definition) is 1. The van der Waals surface area contributed by atoms with Gasteiger partial charge >= 0.3 is 0 Å². The van der Waals surface area contributed by atoms with Crippen LogP contribution in [0.3, 0.4) is 0 Å². The van der Waals surface area contributed by atoms with Crippen molar-refractivity contribution in [1.82, 2.24) is 5.32 Å². The molecule has 0 radical (unpaired) electrons. The minimum Gasteiger partial charge on any atom is -0.476 e. The van der Waals surface area contributed by atoms with Crippen LogP contribution in [0.2, 0.25) is 0 Å². The largest absolute Gasteiger partial charge is 0.476 e. The molecule has 2 atom stereocenters. The molecule has 1 aliphatic heterocycles. The number of hydrogen-bond acceptors (Lipinski definition) is 4. The maximum absolute atomic E-state index is 13.7.